The van der Waals surface area contributed by atoms with E-state index in [9.17, 15) is 16.8 Å². The van der Waals surface area contributed by atoms with Crippen LogP contribution in [0.4, 0.5) is 5.69 Å². The standard InChI is InChI=1S/C21H16Cl3NO4S2/c1-14(2)20-10-9-17(13-21(20)24)25(30(26,27)18-7-3-5-15(22)11-18)31(28,29)19-8-4-6-16(23)12-19/h3-13H,1H2,2H3. The highest BCUT2D eigenvalue weighted by Crippen LogP contribution is 2.35. The van der Waals surface area contributed by atoms with Gasteiger partial charge in [0.15, 0.2) is 0 Å². The predicted molar refractivity (Wildman–Crippen MR) is 126 cm³/mol. The van der Waals surface area contributed by atoms with Gasteiger partial charge >= 0.3 is 0 Å². The second-order valence-electron chi connectivity index (χ2n) is 6.57. The Hall–Kier alpha value is -2.03. The van der Waals surface area contributed by atoms with E-state index in [4.69, 9.17) is 34.8 Å². The second kappa shape index (κ2) is 8.84. The number of anilines is 1. The zero-order chi connectivity index (χ0) is 23.0. The molecule has 0 saturated heterocycles. The molecule has 0 atom stereocenters. The summed E-state index contributed by atoms with van der Waals surface area (Å²) < 4.78 is 54.4. The lowest BCUT2D eigenvalue weighted by molar-refractivity contribution is 0.584. The number of sulfonamides is 2. The van der Waals surface area contributed by atoms with Gasteiger partial charge in [0.25, 0.3) is 20.0 Å². The molecule has 0 fully saturated rings. The number of nitrogens with zero attached hydrogens (tertiary/aromatic N) is 1. The van der Waals surface area contributed by atoms with Crippen molar-refractivity contribution in [2.75, 3.05) is 3.71 Å². The summed E-state index contributed by atoms with van der Waals surface area (Å²) in [6.45, 7) is 5.54. The number of rotatable bonds is 6. The Morgan fingerprint density at radius 1 is 0.774 bits per heavy atom. The van der Waals surface area contributed by atoms with Crippen molar-refractivity contribution in [1.29, 1.82) is 0 Å². The Bertz CT molecular complexity index is 1310. The van der Waals surface area contributed by atoms with E-state index in [0.29, 0.717) is 14.8 Å². The zero-order valence-electron chi connectivity index (χ0n) is 16.1. The molecule has 5 nitrogen and oxygen atoms in total. The first-order valence-electron chi connectivity index (χ1n) is 8.71. The molecule has 0 N–H and O–H groups in total. The second-order valence-corrected chi connectivity index (χ2v) is 11.7. The average Bonchev–Trinajstić information content (AvgIpc) is 2.67. The highest BCUT2D eigenvalue weighted by atomic mass is 35.5. The molecule has 3 rings (SSSR count). The molecular weight excluding hydrogens is 501 g/mol. The first-order chi connectivity index (χ1) is 14.4. The molecule has 0 aliphatic heterocycles. The van der Waals surface area contributed by atoms with Crippen molar-refractivity contribution in [1.82, 2.24) is 0 Å². The Labute approximate surface area is 196 Å². The van der Waals surface area contributed by atoms with E-state index in [2.05, 4.69) is 6.58 Å². The first-order valence-corrected chi connectivity index (χ1v) is 12.7. The van der Waals surface area contributed by atoms with Crippen molar-refractivity contribution < 1.29 is 16.8 Å². The lowest BCUT2D eigenvalue weighted by atomic mass is 10.1. The minimum absolute atomic E-state index is 0.136. The van der Waals surface area contributed by atoms with Crippen LogP contribution < -0.4 is 3.71 Å². The molecule has 10 heteroatoms. The van der Waals surface area contributed by atoms with Crippen LogP contribution in [-0.4, -0.2) is 16.8 Å². The van der Waals surface area contributed by atoms with E-state index in [1.807, 2.05) is 0 Å². The van der Waals surface area contributed by atoms with E-state index >= 15 is 0 Å². The molecule has 0 amide bonds. The maximum Gasteiger partial charge on any atom is 0.277 e. The molecule has 0 aliphatic rings. The normalized spacial score (nSPS) is 11.9. The van der Waals surface area contributed by atoms with Gasteiger partial charge in [-0.3, -0.25) is 0 Å². The topological polar surface area (TPSA) is 71.5 Å². The van der Waals surface area contributed by atoms with Crippen molar-refractivity contribution >= 4 is 66.1 Å². The molecule has 0 bridgehead atoms. The lowest BCUT2D eigenvalue weighted by Gasteiger charge is -2.25. The van der Waals surface area contributed by atoms with Gasteiger partial charge in [0.05, 0.1) is 20.5 Å². The number of allylic oxidation sites excluding steroid dienone is 1. The van der Waals surface area contributed by atoms with Crippen molar-refractivity contribution in [3.63, 3.8) is 0 Å². The molecule has 0 unspecified atom stereocenters. The van der Waals surface area contributed by atoms with Gasteiger partial charge in [-0.1, -0.05) is 59.6 Å². The quantitative estimate of drug-likeness (QED) is 0.387. The molecule has 0 saturated carbocycles. The maximum atomic E-state index is 13.5. The van der Waals surface area contributed by atoms with Crippen LogP contribution in [0.1, 0.15) is 12.5 Å². The Morgan fingerprint density at radius 3 is 1.65 bits per heavy atom. The minimum atomic E-state index is -4.61. The molecule has 0 spiro atoms. The van der Waals surface area contributed by atoms with Crippen LogP contribution in [0.2, 0.25) is 15.1 Å². The van der Waals surface area contributed by atoms with Gasteiger partial charge in [0.1, 0.15) is 0 Å². The minimum Gasteiger partial charge on any atom is -0.200 e. The molecular formula is C21H16Cl3NO4S2. The third-order valence-corrected chi connectivity index (χ3v) is 9.20. The van der Waals surface area contributed by atoms with Gasteiger partial charge < -0.3 is 0 Å². The van der Waals surface area contributed by atoms with E-state index in [0.717, 1.165) is 0 Å². The maximum absolute atomic E-state index is 13.5. The highest BCUT2D eigenvalue weighted by molar-refractivity contribution is 8.10. The largest absolute Gasteiger partial charge is 0.277 e. The van der Waals surface area contributed by atoms with Gasteiger partial charge in [0, 0.05) is 10.0 Å². The number of benzene rings is 3. The van der Waals surface area contributed by atoms with Gasteiger partial charge in [-0.15, -0.1) is 0 Å². The Morgan fingerprint density at radius 2 is 1.26 bits per heavy atom. The summed E-state index contributed by atoms with van der Waals surface area (Å²) in [7, 11) is -9.22. The van der Waals surface area contributed by atoms with Gasteiger partial charge in [-0.2, -0.15) is 3.71 Å². The zero-order valence-corrected chi connectivity index (χ0v) is 20.0. The molecule has 162 valence electrons. The van der Waals surface area contributed by atoms with Crippen molar-refractivity contribution in [3.8, 4) is 0 Å². The van der Waals surface area contributed by atoms with E-state index in [1.54, 1.807) is 6.92 Å². The van der Waals surface area contributed by atoms with Crippen molar-refractivity contribution in [2.24, 2.45) is 0 Å². The summed E-state index contributed by atoms with van der Waals surface area (Å²) in [5, 5.41) is 0.422. The summed E-state index contributed by atoms with van der Waals surface area (Å²) in [6, 6.07) is 14.8. The molecule has 31 heavy (non-hydrogen) atoms. The fourth-order valence-corrected chi connectivity index (χ4v) is 7.43. The summed E-state index contributed by atoms with van der Waals surface area (Å²) in [6.07, 6.45) is 0. The molecule has 0 heterocycles. The average molecular weight is 517 g/mol. The van der Waals surface area contributed by atoms with Crippen LogP contribution in [0.25, 0.3) is 5.57 Å². The summed E-state index contributed by atoms with van der Waals surface area (Å²) in [5.74, 6) is 0. The lowest BCUT2D eigenvalue weighted by Crippen LogP contribution is -2.37. The number of hydrogen-bond acceptors (Lipinski definition) is 4. The molecule has 3 aromatic rings. The highest BCUT2D eigenvalue weighted by Gasteiger charge is 2.37. The van der Waals surface area contributed by atoms with E-state index < -0.39 is 20.0 Å². The van der Waals surface area contributed by atoms with Crippen molar-refractivity contribution in [3.05, 3.63) is 93.9 Å². The molecule has 0 aromatic heterocycles. The van der Waals surface area contributed by atoms with Crippen LogP contribution in [0.5, 0.6) is 0 Å². The van der Waals surface area contributed by atoms with Crippen LogP contribution in [0, 0.1) is 0 Å². The van der Waals surface area contributed by atoms with Crippen LogP contribution in [-0.2, 0) is 20.0 Å². The van der Waals surface area contributed by atoms with Crippen LogP contribution in [0.3, 0.4) is 0 Å². The predicted octanol–water partition coefficient (Wildman–Crippen LogP) is 6.26. The monoisotopic (exact) mass is 515 g/mol. The smallest absolute Gasteiger partial charge is 0.200 e. The fraction of sp³-hybridized carbons (Fsp3) is 0.0476. The Balaban J connectivity index is 2.32. The number of hydrogen-bond donors (Lipinski definition) is 0. The third-order valence-electron chi connectivity index (χ3n) is 4.25. The molecule has 0 aliphatic carbocycles. The summed E-state index contributed by atoms with van der Waals surface area (Å²) in [4.78, 5) is -0.601. The fourth-order valence-electron chi connectivity index (χ4n) is 2.82. The number of halogens is 3. The van der Waals surface area contributed by atoms with Crippen molar-refractivity contribution in [2.45, 2.75) is 16.7 Å². The summed E-state index contributed by atoms with van der Waals surface area (Å²) in [5.41, 5.74) is 1.03. The third kappa shape index (κ3) is 4.76. The van der Waals surface area contributed by atoms with Crippen LogP contribution in [0.15, 0.2) is 83.1 Å². The SMILES string of the molecule is C=C(C)c1ccc(N(S(=O)(=O)c2cccc(Cl)c2)S(=O)(=O)c2cccc(Cl)c2)cc1Cl. The van der Waals surface area contributed by atoms with Crippen LogP contribution >= 0.6 is 34.8 Å². The van der Waals surface area contributed by atoms with Gasteiger partial charge in [-0.05, 0) is 66.6 Å². The van der Waals surface area contributed by atoms with E-state index in [-0.39, 0.29) is 30.5 Å². The van der Waals surface area contributed by atoms with E-state index in [1.165, 1.54) is 66.7 Å². The Kier molecular flexibility index (Phi) is 6.74. The van der Waals surface area contributed by atoms with Gasteiger partial charge in [0.2, 0.25) is 0 Å². The summed E-state index contributed by atoms with van der Waals surface area (Å²) >= 11 is 18.2. The van der Waals surface area contributed by atoms with Gasteiger partial charge in [-0.25, -0.2) is 16.8 Å². The first kappa shape index (κ1) is 23.6. The molecule has 3 aromatic carbocycles. The molecule has 0 radical (unpaired) electrons.